The minimum absolute atomic E-state index is 0.854. The summed E-state index contributed by atoms with van der Waals surface area (Å²) in [6, 6.07) is 10.4. The van der Waals surface area contributed by atoms with Crippen LogP contribution in [0, 0.1) is 0 Å². The summed E-state index contributed by atoms with van der Waals surface area (Å²) in [5.41, 5.74) is 1.22. The van der Waals surface area contributed by atoms with Crippen LogP contribution in [0.25, 0.3) is 0 Å². The van der Waals surface area contributed by atoms with Gasteiger partial charge in [0.1, 0.15) is 0 Å². The monoisotopic (exact) mass is 265 g/mol. The second-order valence-corrected chi connectivity index (χ2v) is 4.26. The van der Waals surface area contributed by atoms with Gasteiger partial charge in [0.05, 0.1) is 0 Å². The Morgan fingerprint density at radius 2 is 2.07 bits per heavy atom. The van der Waals surface area contributed by atoms with Crippen LogP contribution < -0.4 is 4.90 Å². The van der Waals surface area contributed by atoms with Gasteiger partial charge in [-0.15, -0.1) is 6.58 Å². The predicted octanol–water partition coefficient (Wildman–Crippen LogP) is 3.98. The van der Waals surface area contributed by atoms with Crippen LogP contribution >= 0.6 is 15.9 Å². The molecule has 0 heterocycles. The summed E-state index contributed by atoms with van der Waals surface area (Å²) in [6.07, 6.45) is 3.99. The summed E-state index contributed by atoms with van der Waals surface area (Å²) in [6.45, 7) is 7.55. The number of halogens is 1. The van der Waals surface area contributed by atoms with Gasteiger partial charge in [-0.2, -0.15) is 0 Å². The Bertz CT molecular complexity index is 330. The van der Waals surface area contributed by atoms with Crippen LogP contribution in [0.15, 0.2) is 53.5 Å². The summed E-state index contributed by atoms with van der Waals surface area (Å²) >= 11 is 3.53. The van der Waals surface area contributed by atoms with Gasteiger partial charge in [0.25, 0.3) is 0 Å². The van der Waals surface area contributed by atoms with Crippen molar-refractivity contribution in [2.24, 2.45) is 0 Å². The number of anilines is 1. The third kappa shape index (κ3) is 3.92. The van der Waals surface area contributed by atoms with E-state index in [1.165, 1.54) is 10.2 Å². The van der Waals surface area contributed by atoms with Crippen molar-refractivity contribution >= 4 is 21.6 Å². The third-order valence-electron chi connectivity index (χ3n) is 2.13. The van der Waals surface area contributed by atoms with E-state index in [-0.39, 0.29) is 0 Å². The molecule has 1 aromatic rings. The highest BCUT2D eigenvalue weighted by Gasteiger charge is 2.04. The molecule has 0 aliphatic rings. The zero-order valence-electron chi connectivity index (χ0n) is 8.99. The second-order valence-electron chi connectivity index (χ2n) is 3.24. The molecule has 0 saturated carbocycles. The standard InChI is InChI=1S/C13H16BrN/c1-3-10-15(11-12(14)4-2)13-8-6-5-7-9-13/h3-9H,1,10-11H2,2H3. The second kappa shape index (κ2) is 6.46. The molecule has 0 spiro atoms. The van der Waals surface area contributed by atoms with Gasteiger partial charge in [0.2, 0.25) is 0 Å². The van der Waals surface area contributed by atoms with E-state index < -0.39 is 0 Å². The SMILES string of the molecule is C=CCN(CC(Br)=CC)c1ccccc1. The van der Waals surface area contributed by atoms with Gasteiger partial charge in [0.15, 0.2) is 0 Å². The van der Waals surface area contributed by atoms with Crippen molar-refractivity contribution < 1.29 is 0 Å². The fourth-order valence-electron chi connectivity index (χ4n) is 1.33. The average molecular weight is 266 g/mol. The van der Waals surface area contributed by atoms with Gasteiger partial charge in [-0.1, -0.05) is 46.3 Å². The maximum atomic E-state index is 3.78. The van der Waals surface area contributed by atoms with Gasteiger partial charge in [-0.05, 0) is 19.1 Å². The number of hydrogen-bond acceptors (Lipinski definition) is 1. The Hall–Kier alpha value is -1.02. The first kappa shape index (κ1) is 12.1. The van der Waals surface area contributed by atoms with Crippen molar-refractivity contribution in [3.05, 3.63) is 53.5 Å². The first-order chi connectivity index (χ1) is 7.27. The van der Waals surface area contributed by atoms with Crippen molar-refractivity contribution in [3.8, 4) is 0 Å². The molecule has 2 heteroatoms. The van der Waals surface area contributed by atoms with Crippen LogP contribution in [0.3, 0.4) is 0 Å². The Balaban J connectivity index is 2.78. The molecule has 0 N–H and O–H groups in total. The van der Waals surface area contributed by atoms with Gasteiger partial charge in [-0.3, -0.25) is 0 Å². The van der Waals surface area contributed by atoms with Crippen molar-refractivity contribution in [2.75, 3.05) is 18.0 Å². The van der Waals surface area contributed by atoms with Gasteiger partial charge in [-0.25, -0.2) is 0 Å². The number of hydrogen-bond donors (Lipinski definition) is 0. The molecule has 0 saturated heterocycles. The fraction of sp³-hybridized carbons (Fsp3) is 0.231. The molecule has 0 amide bonds. The molecule has 80 valence electrons. The number of para-hydroxylation sites is 1. The summed E-state index contributed by atoms with van der Waals surface area (Å²) in [5.74, 6) is 0. The molecular weight excluding hydrogens is 250 g/mol. The molecule has 1 rings (SSSR count). The maximum Gasteiger partial charge on any atom is 0.0495 e. The molecule has 0 radical (unpaired) electrons. The summed E-state index contributed by atoms with van der Waals surface area (Å²) in [7, 11) is 0. The van der Waals surface area contributed by atoms with Crippen molar-refractivity contribution in [1.82, 2.24) is 0 Å². The number of benzene rings is 1. The van der Waals surface area contributed by atoms with Crippen LogP contribution in [-0.4, -0.2) is 13.1 Å². The smallest absolute Gasteiger partial charge is 0.0495 e. The van der Waals surface area contributed by atoms with E-state index in [2.05, 4.69) is 57.8 Å². The lowest BCUT2D eigenvalue weighted by Gasteiger charge is -2.23. The Kier molecular flexibility index (Phi) is 5.19. The van der Waals surface area contributed by atoms with Gasteiger partial charge >= 0.3 is 0 Å². The highest BCUT2D eigenvalue weighted by Crippen LogP contribution is 2.16. The normalized spacial score (nSPS) is 11.2. The Morgan fingerprint density at radius 3 is 2.60 bits per heavy atom. The molecule has 0 bridgehead atoms. The van der Waals surface area contributed by atoms with Crippen LogP contribution in [0.5, 0.6) is 0 Å². The summed E-state index contributed by atoms with van der Waals surface area (Å²) in [4.78, 5) is 2.26. The lowest BCUT2D eigenvalue weighted by Crippen LogP contribution is -2.24. The third-order valence-corrected chi connectivity index (χ3v) is 2.83. The van der Waals surface area contributed by atoms with E-state index in [9.17, 15) is 0 Å². The van der Waals surface area contributed by atoms with Crippen molar-refractivity contribution in [1.29, 1.82) is 0 Å². The largest absolute Gasteiger partial charge is 0.363 e. The molecule has 15 heavy (non-hydrogen) atoms. The summed E-state index contributed by atoms with van der Waals surface area (Å²) in [5, 5.41) is 0. The van der Waals surface area contributed by atoms with Crippen LogP contribution in [0.4, 0.5) is 5.69 Å². The lowest BCUT2D eigenvalue weighted by atomic mass is 10.3. The van der Waals surface area contributed by atoms with E-state index in [1.807, 2.05) is 19.1 Å². The first-order valence-corrected chi connectivity index (χ1v) is 5.78. The Morgan fingerprint density at radius 1 is 1.40 bits per heavy atom. The Labute approximate surface area is 100 Å². The fourth-order valence-corrected chi connectivity index (χ4v) is 1.63. The highest BCUT2D eigenvalue weighted by molar-refractivity contribution is 9.11. The first-order valence-electron chi connectivity index (χ1n) is 4.99. The van der Waals surface area contributed by atoms with Gasteiger partial charge in [0, 0.05) is 23.3 Å². The zero-order chi connectivity index (χ0) is 11.1. The average Bonchev–Trinajstić information content (AvgIpc) is 2.29. The van der Waals surface area contributed by atoms with Crippen LogP contribution in [0.1, 0.15) is 6.92 Å². The molecule has 0 atom stereocenters. The van der Waals surface area contributed by atoms with E-state index in [0.717, 1.165) is 13.1 Å². The molecule has 0 aliphatic carbocycles. The number of rotatable bonds is 5. The summed E-state index contributed by atoms with van der Waals surface area (Å²) < 4.78 is 1.19. The van der Waals surface area contributed by atoms with Crippen molar-refractivity contribution in [3.63, 3.8) is 0 Å². The molecule has 0 aromatic heterocycles. The highest BCUT2D eigenvalue weighted by atomic mass is 79.9. The van der Waals surface area contributed by atoms with E-state index >= 15 is 0 Å². The predicted molar refractivity (Wildman–Crippen MR) is 71.5 cm³/mol. The van der Waals surface area contributed by atoms with Crippen molar-refractivity contribution in [2.45, 2.75) is 6.92 Å². The zero-order valence-corrected chi connectivity index (χ0v) is 10.6. The quantitative estimate of drug-likeness (QED) is 0.729. The topological polar surface area (TPSA) is 3.24 Å². The van der Waals surface area contributed by atoms with Crippen LogP contribution in [0.2, 0.25) is 0 Å². The minimum Gasteiger partial charge on any atom is -0.363 e. The van der Waals surface area contributed by atoms with E-state index in [0.29, 0.717) is 0 Å². The van der Waals surface area contributed by atoms with E-state index in [4.69, 9.17) is 0 Å². The molecule has 1 aromatic carbocycles. The number of nitrogens with zero attached hydrogens (tertiary/aromatic N) is 1. The molecule has 0 unspecified atom stereocenters. The van der Waals surface area contributed by atoms with E-state index in [1.54, 1.807) is 0 Å². The number of allylic oxidation sites excluding steroid dienone is 1. The molecule has 0 fully saturated rings. The van der Waals surface area contributed by atoms with Crippen LogP contribution in [-0.2, 0) is 0 Å². The minimum atomic E-state index is 0.854. The molecular formula is C13H16BrN. The maximum absolute atomic E-state index is 3.78. The molecule has 0 aliphatic heterocycles. The van der Waals surface area contributed by atoms with Gasteiger partial charge < -0.3 is 4.90 Å². The lowest BCUT2D eigenvalue weighted by molar-refractivity contribution is 0.949. The molecule has 1 nitrogen and oxygen atoms in total.